The normalized spacial score (nSPS) is 11.2. The number of nitrogens with two attached hydrogens (primary N) is 1. The predicted octanol–water partition coefficient (Wildman–Crippen LogP) is 4.13. The lowest BCUT2D eigenvalue weighted by molar-refractivity contribution is 0.415. The molecule has 0 fully saturated rings. The molecule has 0 aliphatic rings. The number of methoxy groups -OCH3 is 1. The summed E-state index contributed by atoms with van der Waals surface area (Å²) in [6.07, 6.45) is 0. The van der Waals surface area contributed by atoms with E-state index in [9.17, 15) is 4.79 Å². The predicted molar refractivity (Wildman–Crippen MR) is 97.7 cm³/mol. The van der Waals surface area contributed by atoms with Crippen LogP contribution in [0.1, 0.15) is 0 Å². The molecule has 0 aliphatic heterocycles. The fourth-order valence-electron chi connectivity index (χ4n) is 2.55. The van der Waals surface area contributed by atoms with E-state index in [-0.39, 0.29) is 5.43 Å². The Bertz CT molecular complexity index is 1080. The Hall–Kier alpha value is -2.44. The van der Waals surface area contributed by atoms with Gasteiger partial charge in [0.1, 0.15) is 5.75 Å². The van der Waals surface area contributed by atoms with Gasteiger partial charge in [-0.15, -0.1) is 11.3 Å². The summed E-state index contributed by atoms with van der Waals surface area (Å²) < 4.78 is 6.98. The molecule has 0 atom stereocenters. The molecule has 2 heterocycles. The molecule has 114 valence electrons. The van der Waals surface area contributed by atoms with Crippen molar-refractivity contribution in [2.45, 2.75) is 0 Å². The molecule has 4 nitrogen and oxygen atoms in total. The van der Waals surface area contributed by atoms with E-state index in [1.54, 1.807) is 24.5 Å². The molecule has 0 unspecified atom stereocenters. The molecule has 0 radical (unpaired) electrons. The summed E-state index contributed by atoms with van der Waals surface area (Å²) in [5.41, 5.74) is 7.55. The zero-order valence-corrected chi connectivity index (χ0v) is 13.8. The number of aromatic nitrogens is 1. The highest BCUT2D eigenvalue weighted by atomic mass is 32.1. The Labute approximate surface area is 139 Å². The van der Waals surface area contributed by atoms with E-state index >= 15 is 0 Å². The Morgan fingerprint density at radius 1 is 1.09 bits per heavy atom. The molecule has 0 aliphatic carbocycles. The molecule has 0 amide bonds. The SMILES string of the molecule is COc1ccc(-c2cc(=O)c3c(ccc4nc(N)sc43)s2)cc1. The number of thiazole rings is 1. The fraction of sp³-hybridized carbons (Fsp3) is 0.0588. The van der Waals surface area contributed by atoms with E-state index in [4.69, 9.17) is 10.5 Å². The number of nitrogen functional groups attached to an aromatic ring is 1. The summed E-state index contributed by atoms with van der Waals surface area (Å²) in [5, 5.41) is 1.19. The van der Waals surface area contributed by atoms with Crippen LogP contribution in [0.25, 0.3) is 30.7 Å². The Kier molecular flexibility index (Phi) is 3.28. The van der Waals surface area contributed by atoms with Crippen molar-refractivity contribution in [3.05, 3.63) is 52.7 Å². The Balaban J connectivity index is 1.96. The molecule has 0 spiro atoms. The van der Waals surface area contributed by atoms with Gasteiger partial charge in [-0.2, -0.15) is 0 Å². The molecule has 2 aromatic heterocycles. The highest BCUT2D eigenvalue weighted by Gasteiger charge is 2.11. The first-order valence-electron chi connectivity index (χ1n) is 6.93. The number of fused-ring (bicyclic) bond motifs is 3. The monoisotopic (exact) mass is 340 g/mol. The van der Waals surface area contributed by atoms with E-state index in [1.807, 2.05) is 36.4 Å². The van der Waals surface area contributed by atoms with Crippen LogP contribution in [0.15, 0.2) is 47.3 Å². The first-order valence-corrected chi connectivity index (χ1v) is 8.56. The number of anilines is 1. The molecule has 2 aromatic carbocycles. The summed E-state index contributed by atoms with van der Waals surface area (Å²) in [4.78, 5) is 17.8. The van der Waals surface area contributed by atoms with Crippen molar-refractivity contribution >= 4 is 48.1 Å². The number of ether oxygens (including phenoxy) is 1. The van der Waals surface area contributed by atoms with Crippen molar-refractivity contribution in [3.8, 4) is 16.2 Å². The van der Waals surface area contributed by atoms with Crippen LogP contribution in [0.4, 0.5) is 5.13 Å². The first kappa shape index (κ1) is 14.2. The molecule has 2 N–H and O–H groups in total. The molecular formula is C17H12N2O2S2. The lowest BCUT2D eigenvalue weighted by atomic mass is 10.1. The fourth-order valence-corrected chi connectivity index (χ4v) is 4.59. The first-order chi connectivity index (χ1) is 11.2. The number of hydrogen-bond acceptors (Lipinski definition) is 6. The number of hydrogen-bond donors (Lipinski definition) is 1. The van der Waals surface area contributed by atoms with Crippen LogP contribution in [0.3, 0.4) is 0 Å². The van der Waals surface area contributed by atoms with Gasteiger partial charge in [0.25, 0.3) is 0 Å². The highest BCUT2D eigenvalue weighted by molar-refractivity contribution is 7.25. The van der Waals surface area contributed by atoms with Crippen molar-refractivity contribution in [2.75, 3.05) is 12.8 Å². The van der Waals surface area contributed by atoms with E-state index in [0.29, 0.717) is 10.5 Å². The summed E-state index contributed by atoms with van der Waals surface area (Å²) in [6, 6.07) is 13.2. The second-order valence-corrected chi connectivity index (χ2v) is 7.16. The summed E-state index contributed by atoms with van der Waals surface area (Å²) in [5.74, 6) is 0.795. The van der Waals surface area contributed by atoms with Gasteiger partial charge in [-0.25, -0.2) is 4.98 Å². The van der Waals surface area contributed by atoms with Crippen LogP contribution < -0.4 is 15.9 Å². The third-order valence-electron chi connectivity index (χ3n) is 3.64. The van der Waals surface area contributed by atoms with Crippen LogP contribution in [0.5, 0.6) is 5.75 Å². The highest BCUT2D eigenvalue weighted by Crippen LogP contribution is 2.35. The van der Waals surface area contributed by atoms with Crippen LogP contribution in [-0.2, 0) is 0 Å². The average molecular weight is 340 g/mol. The maximum Gasteiger partial charge on any atom is 0.190 e. The molecule has 0 saturated heterocycles. The number of benzene rings is 2. The second-order valence-electron chi connectivity index (χ2n) is 5.04. The van der Waals surface area contributed by atoms with Crippen molar-refractivity contribution in [1.29, 1.82) is 0 Å². The van der Waals surface area contributed by atoms with Crippen molar-refractivity contribution in [1.82, 2.24) is 4.98 Å². The number of nitrogens with zero attached hydrogens (tertiary/aromatic N) is 1. The molecule has 23 heavy (non-hydrogen) atoms. The van der Waals surface area contributed by atoms with Crippen molar-refractivity contribution < 1.29 is 4.74 Å². The minimum atomic E-state index is -0.00109. The minimum Gasteiger partial charge on any atom is -0.497 e. The molecule has 4 rings (SSSR count). The van der Waals surface area contributed by atoms with Gasteiger partial charge in [-0.05, 0) is 42.0 Å². The van der Waals surface area contributed by atoms with Gasteiger partial charge in [0.15, 0.2) is 10.6 Å². The van der Waals surface area contributed by atoms with Crippen molar-refractivity contribution in [2.24, 2.45) is 0 Å². The average Bonchev–Trinajstić information content (AvgIpc) is 2.94. The van der Waals surface area contributed by atoms with Gasteiger partial charge < -0.3 is 10.5 Å². The summed E-state index contributed by atoms with van der Waals surface area (Å²) in [7, 11) is 1.63. The molecule has 0 bridgehead atoms. The van der Waals surface area contributed by atoms with E-state index in [0.717, 1.165) is 31.1 Å². The van der Waals surface area contributed by atoms with Crippen LogP contribution in [0, 0.1) is 0 Å². The lowest BCUT2D eigenvalue weighted by Gasteiger charge is -2.05. The Morgan fingerprint density at radius 3 is 2.61 bits per heavy atom. The van der Waals surface area contributed by atoms with E-state index in [1.165, 1.54) is 11.3 Å². The molecule has 6 heteroatoms. The zero-order chi connectivity index (χ0) is 16.0. The van der Waals surface area contributed by atoms with E-state index in [2.05, 4.69) is 4.98 Å². The van der Waals surface area contributed by atoms with Gasteiger partial charge >= 0.3 is 0 Å². The third-order valence-corrected chi connectivity index (χ3v) is 5.69. The largest absolute Gasteiger partial charge is 0.497 e. The van der Waals surface area contributed by atoms with Crippen LogP contribution in [-0.4, -0.2) is 12.1 Å². The van der Waals surface area contributed by atoms with Gasteiger partial charge in [0, 0.05) is 15.6 Å². The van der Waals surface area contributed by atoms with E-state index < -0.39 is 0 Å². The smallest absolute Gasteiger partial charge is 0.190 e. The standard InChI is InChI=1S/C17H12N2O2S2/c1-21-10-4-2-9(3-5-10)14-8-12(20)15-13(22-14)7-6-11-16(15)23-17(18)19-11/h2-8H,1H3,(H2,18,19). The second kappa shape index (κ2) is 5.33. The summed E-state index contributed by atoms with van der Waals surface area (Å²) in [6.45, 7) is 0. The number of rotatable bonds is 2. The topological polar surface area (TPSA) is 65.2 Å². The maximum absolute atomic E-state index is 12.6. The van der Waals surface area contributed by atoms with Gasteiger partial charge in [-0.3, -0.25) is 4.79 Å². The van der Waals surface area contributed by atoms with Gasteiger partial charge in [0.2, 0.25) is 0 Å². The van der Waals surface area contributed by atoms with Gasteiger partial charge in [-0.1, -0.05) is 11.3 Å². The summed E-state index contributed by atoms with van der Waals surface area (Å²) >= 11 is 2.95. The minimum absolute atomic E-state index is 0.00109. The quantitative estimate of drug-likeness (QED) is 0.596. The van der Waals surface area contributed by atoms with Crippen LogP contribution >= 0.6 is 22.7 Å². The maximum atomic E-state index is 12.6. The molecular weight excluding hydrogens is 328 g/mol. The van der Waals surface area contributed by atoms with Crippen molar-refractivity contribution in [3.63, 3.8) is 0 Å². The Morgan fingerprint density at radius 2 is 1.87 bits per heavy atom. The van der Waals surface area contributed by atoms with Crippen LogP contribution in [0.2, 0.25) is 0 Å². The molecule has 4 aromatic rings. The molecule has 0 saturated carbocycles. The lowest BCUT2D eigenvalue weighted by Crippen LogP contribution is -1.99. The van der Waals surface area contributed by atoms with Gasteiger partial charge in [0.05, 0.1) is 22.7 Å². The third kappa shape index (κ3) is 2.36. The zero-order valence-electron chi connectivity index (χ0n) is 12.2.